The van der Waals surface area contributed by atoms with Crippen LogP contribution in [0.25, 0.3) is 10.6 Å². The molecule has 0 saturated carbocycles. The van der Waals surface area contributed by atoms with Crippen LogP contribution in [0.2, 0.25) is 0 Å². The molecule has 0 aliphatic carbocycles. The Bertz CT molecular complexity index is 648. The molecule has 3 rings (SSSR count). The number of carbonyl (C=O) groups excluding carboxylic acids is 1. The van der Waals surface area contributed by atoms with E-state index in [1.165, 1.54) is 11.3 Å². The van der Waals surface area contributed by atoms with Gasteiger partial charge in [-0.3, -0.25) is 4.79 Å². The minimum Gasteiger partial charge on any atom is -0.494 e. The van der Waals surface area contributed by atoms with Gasteiger partial charge >= 0.3 is 0 Å². The van der Waals surface area contributed by atoms with Gasteiger partial charge < -0.3 is 15.4 Å². The van der Waals surface area contributed by atoms with Gasteiger partial charge in [0.05, 0.1) is 6.61 Å². The first-order valence-corrected chi connectivity index (χ1v) is 8.84. The van der Waals surface area contributed by atoms with Crippen LogP contribution in [0.3, 0.4) is 0 Å². The Kier molecular flexibility index (Phi) is 5.25. The van der Waals surface area contributed by atoms with Crippen molar-refractivity contribution in [2.45, 2.75) is 25.8 Å². The van der Waals surface area contributed by atoms with Crippen LogP contribution in [0.4, 0.5) is 0 Å². The second-order valence-corrected chi connectivity index (χ2v) is 6.37. The first-order valence-electron chi connectivity index (χ1n) is 7.96. The van der Waals surface area contributed by atoms with E-state index in [1.807, 2.05) is 36.6 Å². The van der Waals surface area contributed by atoms with Crippen molar-refractivity contribution in [2.75, 3.05) is 19.7 Å². The minimum atomic E-state index is -0.0906. The van der Waals surface area contributed by atoms with E-state index < -0.39 is 0 Å². The summed E-state index contributed by atoms with van der Waals surface area (Å²) in [5.41, 5.74) is 1.49. The summed E-state index contributed by atoms with van der Waals surface area (Å²) in [7, 11) is 0. The maximum atomic E-state index is 12.3. The third-order valence-electron chi connectivity index (χ3n) is 3.78. The van der Waals surface area contributed by atoms with Crippen LogP contribution in [0.5, 0.6) is 5.75 Å². The summed E-state index contributed by atoms with van der Waals surface area (Å²) in [6, 6.07) is 7.99. The Balaban J connectivity index is 1.65. The lowest BCUT2D eigenvalue weighted by molar-refractivity contribution is 0.0926. The van der Waals surface area contributed by atoms with Gasteiger partial charge in [0.1, 0.15) is 16.5 Å². The van der Waals surface area contributed by atoms with E-state index in [0.29, 0.717) is 12.3 Å². The van der Waals surface area contributed by atoms with Crippen LogP contribution < -0.4 is 15.4 Å². The van der Waals surface area contributed by atoms with Crippen molar-refractivity contribution >= 4 is 17.2 Å². The molecule has 122 valence electrons. The standard InChI is InChI=1S/C17H21N3O2S/c1-2-22-14-7-5-12(6-8-14)17-20-15(11-23-17)16(21)19-13-4-3-9-18-10-13/h5-8,11,13,18H,2-4,9-10H2,1H3,(H,19,21)/t13-/m0/s1. The number of ether oxygens (including phenoxy) is 1. The predicted molar refractivity (Wildman–Crippen MR) is 92.1 cm³/mol. The molecule has 1 amide bonds. The summed E-state index contributed by atoms with van der Waals surface area (Å²) >= 11 is 1.48. The molecule has 0 bridgehead atoms. The highest BCUT2D eigenvalue weighted by Gasteiger charge is 2.18. The Morgan fingerprint density at radius 3 is 2.96 bits per heavy atom. The van der Waals surface area contributed by atoms with Crippen LogP contribution >= 0.6 is 11.3 Å². The molecule has 1 fully saturated rings. The number of hydrogen-bond acceptors (Lipinski definition) is 5. The van der Waals surface area contributed by atoms with Gasteiger partial charge in [0, 0.05) is 23.5 Å². The molecule has 5 nitrogen and oxygen atoms in total. The van der Waals surface area contributed by atoms with Gasteiger partial charge in [0.25, 0.3) is 5.91 Å². The average molecular weight is 331 g/mol. The van der Waals surface area contributed by atoms with Crippen LogP contribution in [0.1, 0.15) is 30.3 Å². The van der Waals surface area contributed by atoms with Crippen molar-refractivity contribution in [3.05, 3.63) is 35.3 Å². The highest BCUT2D eigenvalue weighted by atomic mass is 32.1. The number of hydrogen-bond donors (Lipinski definition) is 2. The number of rotatable bonds is 5. The fourth-order valence-electron chi connectivity index (χ4n) is 2.61. The molecule has 1 aliphatic rings. The fourth-order valence-corrected chi connectivity index (χ4v) is 3.41. The maximum Gasteiger partial charge on any atom is 0.271 e. The molecule has 1 aliphatic heterocycles. The first-order chi connectivity index (χ1) is 11.3. The second kappa shape index (κ2) is 7.57. The lowest BCUT2D eigenvalue weighted by Gasteiger charge is -2.23. The Morgan fingerprint density at radius 2 is 2.26 bits per heavy atom. The molecule has 1 aromatic heterocycles. The van der Waals surface area contributed by atoms with Crippen LogP contribution in [-0.4, -0.2) is 36.6 Å². The number of aromatic nitrogens is 1. The molecular weight excluding hydrogens is 310 g/mol. The summed E-state index contributed by atoms with van der Waals surface area (Å²) < 4.78 is 5.44. The molecule has 2 aromatic rings. The molecule has 2 heterocycles. The van der Waals surface area contributed by atoms with Gasteiger partial charge in [0.15, 0.2) is 0 Å². The first kappa shape index (κ1) is 16.0. The molecule has 0 radical (unpaired) electrons. The van der Waals surface area contributed by atoms with Crippen molar-refractivity contribution in [1.29, 1.82) is 0 Å². The molecule has 23 heavy (non-hydrogen) atoms. The topological polar surface area (TPSA) is 63.2 Å². The normalized spacial score (nSPS) is 17.7. The van der Waals surface area contributed by atoms with E-state index in [2.05, 4.69) is 15.6 Å². The zero-order valence-corrected chi connectivity index (χ0v) is 14.0. The number of nitrogens with one attached hydrogen (secondary N) is 2. The Hall–Kier alpha value is -1.92. The zero-order chi connectivity index (χ0) is 16.1. The van der Waals surface area contributed by atoms with Gasteiger partial charge in [-0.25, -0.2) is 4.98 Å². The molecule has 0 unspecified atom stereocenters. The van der Waals surface area contributed by atoms with E-state index >= 15 is 0 Å². The van der Waals surface area contributed by atoms with Crippen LogP contribution in [0.15, 0.2) is 29.6 Å². The SMILES string of the molecule is CCOc1ccc(-c2nc(C(=O)N[C@H]3CCCNC3)cs2)cc1. The minimum absolute atomic E-state index is 0.0906. The van der Waals surface area contributed by atoms with E-state index in [-0.39, 0.29) is 11.9 Å². The van der Waals surface area contributed by atoms with Crippen molar-refractivity contribution in [3.63, 3.8) is 0 Å². The molecule has 0 spiro atoms. The number of amides is 1. The van der Waals surface area contributed by atoms with Crippen molar-refractivity contribution in [3.8, 4) is 16.3 Å². The van der Waals surface area contributed by atoms with Crippen LogP contribution in [-0.2, 0) is 0 Å². The monoisotopic (exact) mass is 331 g/mol. The lowest BCUT2D eigenvalue weighted by atomic mass is 10.1. The highest BCUT2D eigenvalue weighted by molar-refractivity contribution is 7.13. The summed E-state index contributed by atoms with van der Waals surface area (Å²) in [5, 5.41) is 9.01. The number of piperidine rings is 1. The Labute approximate surface area is 140 Å². The lowest BCUT2D eigenvalue weighted by Crippen LogP contribution is -2.45. The van der Waals surface area contributed by atoms with Crippen LogP contribution in [0, 0.1) is 0 Å². The smallest absolute Gasteiger partial charge is 0.271 e. The van der Waals surface area contributed by atoms with Gasteiger partial charge in [-0.15, -0.1) is 11.3 Å². The van der Waals surface area contributed by atoms with Gasteiger partial charge in [0.2, 0.25) is 0 Å². The van der Waals surface area contributed by atoms with Crippen molar-refractivity contribution < 1.29 is 9.53 Å². The summed E-state index contributed by atoms with van der Waals surface area (Å²) in [6.45, 7) is 4.48. The number of carbonyl (C=O) groups is 1. The summed E-state index contributed by atoms with van der Waals surface area (Å²) in [4.78, 5) is 16.7. The van der Waals surface area contributed by atoms with E-state index in [9.17, 15) is 4.79 Å². The summed E-state index contributed by atoms with van der Waals surface area (Å²) in [5.74, 6) is 0.753. The maximum absolute atomic E-state index is 12.3. The zero-order valence-electron chi connectivity index (χ0n) is 13.2. The van der Waals surface area contributed by atoms with Gasteiger partial charge in [-0.05, 0) is 50.6 Å². The van der Waals surface area contributed by atoms with E-state index in [1.54, 1.807) is 0 Å². The number of thiazole rings is 1. The molecule has 1 atom stereocenters. The molecular formula is C17H21N3O2S. The van der Waals surface area contributed by atoms with Crippen molar-refractivity contribution in [2.24, 2.45) is 0 Å². The van der Waals surface area contributed by atoms with Gasteiger partial charge in [-0.1, -0.05) is 0 Å². The van der Waals surface area contributed by atoms with Crippen molar-refractivity contribution in [1.82, 2.24) is 15.6 Å². The fraction of sp³-hybridized carbons (Fsp3) is 0.412. The summed E-state index contributed by atoms with van der Waals surface area (Å²) in [6.07, 6.45) is 2.12. The molecule has 1 saturated heterocycles. The Morgan fingerprint density at radius 1 is 1.43 bits per heavy atom. The third-order valence-corrected chi connectivity index (χ3v) is 4.67. The average Bonchev–Trinajstić information content (AvgIpc) is 3.07. The molecule has 1 aromatic carbocycles. The highest BCUT2D eigenvalue weighted by Crippen LogP contribution is 2.25. The van der Waals surface area contributed by atoms with Gasteiger partial charge in [-0.2, -0.15) is 0 Å². The number of nitrogens with zero attached hydrogens (tertiary/aromatic N) is 1. The largest absolute Gasteiger partial charge is 0.494 e. The molecule has 6 heteroatoms. The van der Waals surface area contributed by atoms with E-state index in [0.717, 1.165) is 42.3 Å². The second-order valence-electron chi connectivity index (χ2n) is 5.51. The number of benzene rings is 1. The third kappa shape index (κ3) is 4.09. The quantitative estimate of drug-likeness (QED) is 0.884. The predicted octanol–water partition coefficient (Wildman–Crippen LogP) is 2.69. The molecule has 2 N–H and O–H groups in total. The van der Waals surface area contributed by atoms with E-state index in [4.69, 9.17) is 4.74 Å².